The van der Waals surface area contributed by atoms with Crippen LogP contribution in [0.3, 0.4) is 0 Å². The molecule has 0 saturated carbocycles. The number of carbonyl (C=O) groups is 1. The van der Waals surface area contributed by atoms with Gasteiger partial charge in [-0.1, -0.05) is 23.2 Å². The zero-order valence-electron chi connectivity index (χ0n) is 10.8. The molecule has 1 fully saturated rings. The Morgan fingerprint density at radius 3 is 2.70 bits per heavy atom. The fourth-order valence-corrected chi connectivity index (χ4v) is 2.54. The third-order valence-corrected chi connectivity index (χ3v) is 3.73. The van der Waals surface area contributed by atoms with E-state index in [0.717, 1.165) is 32.8 Å². The van der Waals surface area contributed by atoms with E-state index in [1.54, 1.807) is 6.07 Å². The highest BCUT2D eigenvalue weighted by molar-refractivity contribution is 6.40. The van der Waals surface area contributed by atoms with Crippen LogP contribution < -0.4 is 4.74 Å². The van der Waals surface area contributed by atoms with Crippen LogP contribution in [0.15, 0.2) is 12.1 Å². The number of carboxylic acid groups (broad SMARTS) is 1. The van der Waals surface area contributed by atoms with Gasteiger partial charge in [-0.05, 0) is 12.1 Å². The van der Waals surface area contributed by atoms with Crippen LogP contribution in [0.5, 0.6) is 5.75 Å². The molecule has 0 spiro atoms. The zero-order chi connectivity index (χ0) is 14.5. The molecule has 0 atom stereocenters. The summed E-state index contributed by atoms with van der Waals surface area (Å²) >= 11 is 11.8. The minimum absolute atomic E-state index is 0.0342. The molecule has 0 aromatic heterocycles. The van der Waals surface area contributed by atoms with Crippen molar-refractivity contribution in [3.8, 4) is 5.75 Å². The summed E-state index contributed by atoms with van der Waals surface area (Å²) in [4.78, 5) is 13.3. The van der Waals surface area contributed by atoms with Crippen LogP contribution in [0.25, 0.3) is 0 Å². The Bertz CT molecular complexity index is 490. The lowest BCUT2D eigenvalue weighted by Gasteiger charge is -2.26. The molecule has 0 amide bonds. The molecule has 1 aromatic carbocycles. The van der Waals surface area contributed by atoms with Crippen molar-refractivity contribution in [2.75, 3.05) is 39.5 Å². The van der Waals surface area contributed by atoms with Gasteiger partial charge in [-0.25, -0.2) is 4.79 Å². The molecule has 2 rings (SSSR count). The fraction of sp³-hybridized carbons (Fsp3) is 0.462. The summed E-state index contributed by atoms with van der Waals surface area (Å²) in [5, 5.41) is 9.19. The molecule has 1 saturated heterocycles. The summed E-state index contributed by atoms with van der Waals surface area (Å²) < 4.78 is 10.8. The first-order chi connectivity index (χ1) is 9.59. The van der Waals surface area contributed by atoms with Gasteiger partial charge in [0.2, 0.25) is 0 Å². The number of halogens is 2. The molecule has 5 nitrogen and oxygen atoms in total. The van der Waals surface area contributed by atoms with Crippen molar-refractivity contribution in [3.63, 3.8) is 0 Å². The largest absolute Gasteiger partial charge is 0.491 e. The van der Waals surface area contributed by atoms with E-state index in [1.165, 1.54) is 6.07 Å². The lowest BCUT2D eigenvalue weighted by Crippen LogP contribution is -2.38. The SMILES string of the molecule is O=C(O)c1c(Cl)ccc(OCCN2CCOCC2)c1Cl. The molecule has 0 unspecified atom stereocenters. The number of hydrogen-bond donors (Lipinski definition) is 1. The molecule has 0 bridgehead atoms. The number of ether oxygens (including phenoxy) is 2. The summed E-state index contributed by atoms with van der Waals surface area (Å²) in [6, 6.07) is 3.05. The number of nitrogens with zero attached hydrogens (tertiary/aromatic N) is 1. The smallest absolute Gasteiger partial charge is 0.338 e. The van der Waals surface area contributed by atoms with E-state index in [9.17, 15) is 4.79 Å². The van der Waals surface area contributed by atoms with Crippen LogP contribution >= 0.6 is 23.2 Å². The number of carboxylic acids is 1. The molecule has 1 N–H and O–H groups in total. The minimum Gasteiger partial charge on any atom is -0.491 e. The maximum atomic E-state index is 11.1. The normalized spacial score (nSPS) is 16.1. The summed E-state index contributed by atoms with van der Waals surface area (Å²) in [7, 11) is 0. The van der Waals surface area contributed by atoms with Crippen LogP contribution in [0.2, 0.25) is 10.0 Å². The fourth-order valence-electron chi connectivity index (χ4n) is 1.95. The minimum atomic E-state index is -1.17. The molecular weight excluding hydrogens is 305 g/mol. The molecular formula is C13H15Cl2NO4. The lowest BCUT2D eigenvalue weighted by molar-refractivity contribution is 0.0322. The van der Waals surface area contributed by atoms with Gasteiger partial charge in [0, 0.05) is 19.6 Å². The van der Waals surface area contributed by atoms with Crippen LogP contribution in [0, 0.1) is 0 Å². The standard InChI is InChI=1S/C13H15Cl2NO4/c14-9-1-2-10(12(15)11(9)13(17)18)20-8-5-16-3-6-19-7-4-16/h1-2H,3-8H2,(H,17,18). The van der Waals surface area contributed by atoms with Crippen LogP contribution in [0.4, 0.5) is 0 Å². The maximum absolute atomic E-state index is 11.1. The first kappa shape index (κ1) is 15.4. The number of rotatable bonds is 5. The van der Waals surface area contributed by atoms with Crippen molar-refractivity contribution in [2.45, 2.75) is 0 Å². The first-order valence-electron chi connectivity index (χ1n) is 6.24. The Morgan fingerprint density at radius 2 is 2.05 bits per heavy atom. The van der Waals surface area contributed by atoms with E-state index in [-0.39, 0.29) is 15.6 Å². The average molecular weight is 320 g/mol. The van der Waals surface area contributed by atoms with Crippen molar-refractivity contribution in [2.24, 2.45) is 0 Å². The van der Waals surface area contributed by atoms with Crippen molar-refractivity contribution in [1.29, 1.82) is 0 Å². The van der Waals surface area contributed by atoms with E-state index in [0.29, 0.717) is 12.4 Å². The molecule has 0 aliphatic carbocycles. The highest BCUT2D eigenvalue weighted by atomic mass is 35.5. The van der Waals surface area contributed by atoms with Gasteiger partial charge in [0.05, 0.1) is 23.3 Å². The number of aromatic carboxylic acids is 1. The Labute approximate surface area is 127 Å². The van der Waals surface area contributed by atoms with Crippen LogP contribution in [-0.4, -0.2) is 55.4 Å². The summed E-state index contributed by atoms with van der Waals surface area (Å²) in [6.45, 7) is 4.37. The van der Waals surface area contributed by atoms with Gasteiger partial charge in [-0.3, -0.25) is 4.90 Å². The van der Waals surface area contributed by atoms with Crippen molar-refractivity contribution in [1.82, 2.24) is 4.90 Å². The van der Waals surface area contributed by atoms with Gasteiger partial charge in [0.15, 0.2) is 0 Å². The van der Waals surface area contributed by atoms with Gasteiger partial charge in [0.25, 0.3) is 0 Å². The van der Waals surface area contributed by atoms with Gasteiger partial charge in [0.1, 0.15) is 17.9 Å². The Kier molecular flexibility index (Phi) is 5.48. The number of morpholine rings is 1. The van der Waals surface area contributed by atoms with Crippen LogP contribution in [-0.2, 0) is 4.74 Å². The van der Waals surface area contributed by atoms with Gasteiger partial charge in [-0.15, -0.1) is 0 Å². The predicted octanol–water partition coefficient (Wildman–Crippen LogP) is 2.40. The third-order valence-electron chi connectivity index (χ3n) is 3.04. The van der Waals surface area contributed by atoms with E-state index in [1.807, 2.05) is 0 Å². The number of benzene rings is 1. The Morgan fingerprint density at radius 1 is 1.35 bits per heavy atom. The Hall–Kier alpha value is -1.01. The van der Waals surface area contributed by atoms with E-state index in [2.05, 4.69) is 4.90 Å². The lowest BCUT2D eigenvalue weighted by atomic mass is 10.2. The second kappa shape index (κ2) is 7.13. The topological polar surface area (TPSA) is 59.0 Å². The van der Waals surface area contributed by atoms with E-state index < -0.39 is 5.97 Å². The van der Waals surface area contributed by atoms with Gasteiger partial charge < -0.3 is 14.6 Å². The van der Waals surface area contributed by atoms with E-state index in [4.69, 9.17) is 37.8 Å². The molecule has 1 aliphatic rings. The molecule has 1 heterocycles. The van der Waals surface area contributed by atoms with Crippen LogP contribution in [0.1, 0.15) is 10.4 Å². The van der Waals surface area contributed by atoms with Gasteiger partial charge >= 0.3 is 5.97 Å². The summed E-state index contributed by atoms with van der Waals surface area (Å²) in [5.74, 6) is -0.833. The monoisotopic (exact) mass is 319 g/mol. The molecule has 20 heavy (non-hydrogen) atoms. The highest BCUT2D eigenvalue weighted by Crippen LogP contribution is 2.33. The predicted molar refractivity (Wildman–Crippen MR) is 76.2 cm³/mol. The van der Waals surface area contributed by atoms with Crippen molar-refractivity contribution < 1.29 is 19.4 Å². The quantitative estimate of drug-likeness (QED) is 0.903. The zero-order valence-corrected chi connectivity index (χ0v) is 12.3. The van der Waals surface area contributed by atoms with Gasteiger partial charge in [-0.2, -0.15) is 0 Å². The first-order valence-corrected chi connectivity index (χ1v) is 6.99. The average Bonchev–Trinajstić information content (AvgIpc) is 2.42. The summed E-state index contributed by atoms with van der Waals surface area (Å²) in [6.07, 6.45) is 0. The Balaban J connectivity index is 1.95. The molecule has 7 heteroatoms. The highest BCUT2D eigenvalue weighted by Gasteiger charge is 2.18. The number of hydrogen-bond acceptors (Lipinski definition) is 4. The van der Waals surface area contributed by atoms with Crippen molar-refractivity contribution >= 4 is 29.2 Å². The molecule has 110 valence electrons. The maximum Gasteiger partial charge on any atom is 0.338 e. The second-order valence-corrected chi connectivity index (χ2v) is 5.13. The second-order valence-electron chi connectivity index (χ2n) is 4.34. The third kappa shape index (κ3) is 3.76. The molecule has 1 aromatic rings. The summed E-state index contributed by atoms with van der Waals surface area (Å²) in [5.41, 5.74) is -0.128. The van der Waals surface area contributed by atoms with E-state index >= 15 is 0 Å². The molecule has 1 aliphatic heterocycles. The molecule has 0 radical (unpaired) electrons. The van der Waals surface area contributed by atoms with Crippen molar-refractivity contribution in [3.05, 3.63) is 27.7 Å².